The van der Waals surface area contributed by atoms with Gasteiger partial charge in [0.15, 0.2) is 0 Å². The van der Waals surface area contributed by atoms with Gasteiger partial charge in [-0.05, 0) is 39.7 Å². The zero-order valence-electron chi connectivity index (χ0n) is 15.1. The molecule has 0 saturated carbocycles. The highest BCUT2D eigenvalue weighted by Crippen LogP contribution is 2.06. The molecule has 0 aromatic carbocycles. The van der Waals surface area contributed by atoms with Crippen LogP contribution in [0.1, 0.15) is 52.9 Å². The monoisotopic (exact) mass is 341 g/mol. The van der Waals surface area contributed by atoms with Crippen molar-refractivity contribution in [3.63, 3.8) is 0 Å². The lowest BCUT2D eigenvalue weighted by molar-refractivity contribution is -0.121. The van der Waals surface area contributed by atoms with Crippen molar-refractivity contribution in [1.82, 2.24) is 16.0 Å². The number of rotatable bonds is 11. The molecule has 0 radical (unpaired) electrons. The van der Waals surface area contributed by atoms with E-state index in [1.807, 2.05) is 0 Å². The molecule has 7 nitrogen and oxygen atoms in total. The Hall–Kier alpha value is -2.05. The number of unbranched alkanes of at least 4 members (excludes halogenated alkanes) is 3. The Morgan fingerprint density at radius 1 is 0.917 bits per heavy atom. The van der Waals surface area contributed by atoms with E-state index in [1.54, 1.807) is 20.8 Å². The predicted octanol–water partition coefficient (Wildman–Crippen LogP) is 1.88. The average Bonchev–Trinajstić information content (AvgIpc) is 2.47. The number of hydrogen-bond acceptors (Lipinski definition) is 4. The number of carbonyl (C=O) groups excluding carboxylic acids is 3. The average molecular weight is 341 g/mol. The molecule has 0 fully saturated rings. The first-order chi connectivity index (χ1) is 11.2. The van der Waals surface area contributed by atoms with Crippen LogP contribution >= 0.6 is 0 Å². The lowest BCUT2D eigenvalue weighted by Crippen LogP contribution is -2.35. The van der Waals surface area contributed by atoms with Crippen molar-refractivity contribution in [1.29, 1.82) is 0 Å². The lowest BCUT2D eigenvalue weighted by atomic mass is 10.2. The molecule has 7 heteroatoms. The molecule has 3 amide bonds. The number of hydrogen-bond donors (Lipinski definition) is 3. The van der Waals surface area contributed by atoms with E-state index >= 15 is 0 Å². The van der Waals surface area contributed by atoms with Crippen molar-refractivity contribution < 1.29 is 19.1 Å². The molecule has 0 aliphatic heterocycles. The number of ether oxygens (including phenoxy) is 1. The minimum absolute atomic E-state index is 0.0932. The summed E-state index contributed by atoms with van der Waals surface area (Å²) in [5, 5.41) is 8.07. The number of nitrogens with one attached hydrogen (secondary N) is 3. The summed E-state index contributed by atoms with van der Waals surface area (Å²) >= 11 is 0. The van der Waals surface area contributed by atoms with Crippen molar-refractivity contribution in [2.75, 3.05) is 19.6 Å². The molecular formula is C17H31N3O4. The largest absolute Gasteiger partial charge is 0.444 e. The fourth-order valence-corrected chi connectivity index (χ4v) is 1.80. The molecule has 0 aromatic heterocycles. The van der Waals surface area contributed by atoms with Gasteiger partial charge in [-0.1, -0.05) is 19.4 Å². The Balaban J connectivity index is 3.46. The predicted molar refractivity (Wildman–Crippen MR) is 93.5 cm³/mol. The SMILES string of the molecule is C=CC(=O)NCCCCCCNC(=O)CCNC(=O)OC(C)(C)C. The Kier molecular flexibility index (Phi) is 11.3. The van der Waals surface area contributed by atoms with E-state index in [-0.39, 0.29) is 24.8 Å². The van der Waals surface area contributed by atoms with Gasteiger partial charge in [-0.3, -0.25) is 9.59 Å². The molecule has 0 aromatic rings. The maximum atomic E-state index is 11.6. The molecule has 0 atom stereocenters. The van der Waals surface area contributed by atoms with E-state index in [9.17, 15) is 14.4 Å². The number of carbonyl (C=O) groups is 3. The van der Waals surface area contributed by atoms with Gasteiger partial charge in [-0.15, -0.1) is 0 Å². The van der Waals surface area contributed by atoms with Crippen molar-refractivity contribution in [3.05, 3.63) is 12.7 Å². The molecular weight excluding hydrogens is 310 g/mol. The highest BCUT2D eigenvalue weighted by molar-refractivity contribution is 5.86. The Bertz CT molecular complexity index is 417. The minimum Gasteiger partial charge on any atom is -0.444 e. The van der Waals surface area contributed by atoms with E-state index in [0.29, 0.717) is 13.1 Å². The van der Waals surface area contributed by atoms with Crippen molar-refractivity contribution in [2.24, 2.45) is 0 Å². The standard InChI is InChI=1S/C17H31N3O4/c1-5-14(21)18-11-8-6-7-9-12-19-15(22)10-13-20-16(23)24-17(2,3)4/h5H,1,6-13H2,2-4H3,(H,18,21)(H,19,22)(H,20,23). The van der Waals surface area contributed by atoms with Crippen LogP contribution in [0.3, 0.4) is 0 Å². The van der Waals surface area contributed by atoms with E-state index in [0.717, 1.165) is 25.7 Å². The van der Waals surface area contributed by atoms with Gasteiger partial charge < -0.3 is 20.7 Å². The second kappa shape index (κ2) is 12.4. The van der Waals surface area contributed by atoms with Gasteiger partial charge >= 0.3 is 6.09 Å². The van der Waals surface area contributed by atoms with Gasteiger partial charge in [-0.2, -0.15) is 0 Å². The highest BCUT2D eigenvalue weighted by atomic mass is 16.6. The fraction of sp³-hybridized carbons (Fsp3) is 0.706. The zero-order chi connectivity index (χ0) is 18.4. The van der Waals surface area contributed by atoms with Crippen LogP contribution in [-0.2, 0) is 14.3 Å². The maximum Gasteiger partial charge on any atom is 0.407 e. The molecule has 0 spiro atoms. The van der Waals surface area contributed by atoms with Crippen molar-refractivity contribution >= 4 is 17.9 Å². The normalized spacial score (nSPS) is 10.6. The summed E-state index contributed by atoms with van der Waals surface area (Å²) < 4.78 is 5.07. The molecule has 0 heterocycles. The van der Waals surface area contributed by atoms with E-state index < -0.39 is 11.7 Å². The first kappa shape index (κ1) is 21.9. The van der Waals surface area contributed by atoms with E-state index in [4.69, 9.17) is 4.74 Å². The summed E-state index contributed by atoms with van der Waals surface area (Å²) in [7, 11) is 0. The quantitative estimate of drug-likeness (QED) is 0.395. The van der Waals surface area contributed by atoms with Gasteiger partial charge in [0, 0.05) is 26.1 Å². The van der Waals surface area contributed by atoms with E-state index in [1.165, 1.54) is 6.08 Å². The molecule has 24 heavy (non-hydrogen) atoms. The van der Waals surface area contributed by atoms with Crippen LogP contribution in [0.4, 0.5) is 4.79 Å². The van der Waals surface area contributed by atoms with Crippen molar-refractivity contribution in [3.8, 4) is 0 Å². The summed E-state index contributed by atoms with van der Waals surface area (Å²) in [4.78, 5) is 33.9. The van der Waals surface area contributed by atoms with Crippen LogP contribution < -0.4 is 16.0 Å². The molecule has 0 aliphatic rings. The van der Waals surface area contributed by atoms with E-state index in [2.05, 4.69) is 22.5 Å². The number of alkyl carbamates (subject to hydrolysis) is 1. The zero-order valence-corrected chi connectivity index (χ0v) is 15.1. The second-order valence-corrected chi connectivity index (χ2v) is 6.44. The molecule has 0 rings (SSSR count). The summed E-state index contributed by atoms with van der Waals surface area (Å²) in [5.74, 6) is -0.244. The van der Waals surface area contributed by atoms with Crippen LogP contribution in [-0.4, -0.2) is 43.1 Å². The number of amides is 3. The third-order valence-corrected chi connectivity index (χ3v) is 2.93. The Morgan fingerprint density at radius 3 is 2.04 bits per heavy atom. The maximum absolute atomic E-state index is 11.6. The highest BCUT2D eigenvalue weighted by Gasteiger charge is 2.15. The van der Waals surface area contributed by atoms with Crippen molar-refractivity contribution in [2.45, 2.75) is 58.5 Å². The third kappa shape index (κ3) is 14.9. The summed E-state index contributed by atoms with van der Waals surface area (Å²) in [6, 6.07) is 0. The lowest BCUT2D eigenvalue weighted by Gasteiger charge is -2.19. The molecule has 0 unspecified atom stereocenters. The molecule has 0 aliphatic carbocycles. The topological polar surface area (TPSA) is 96.5 Å². The second-order valence-electron chi connectivity index (χ2n) is 6.44. The van der Waals surface area contributed by atoms with Gasteiger partial charge in [0.2, 0.25) is 11.8 Å². The summed E-state index contributed by atoms with van der Waals surface area (Å²) in [6.45, 7) is 10.2. The minimum atomic E-state index is -0.541. The first-order valence-electron chi connectivity index (χ1n) is 8.38. The third-order valence-electron chi connectivity index (χ3n) is 2.93. The van der Waals surface area contributed by atoms with Crippen LogP contribution in [0, 0.1) is 0 Å². The molecule has 138 valence electrons. The first-order valence-corrected chi connectivity index (χ1v) is 8.38. The van der Waals surface area contributed by atoms with Crippen LogP contribution in [0.2, 0.25) is 0 Å². The van der Waals surface area contributed by atoms with Crippen LogP contribution in [0.25, 0.3) is 0 Å². The Morgan fingerprint density at radius 2 is 1.50 bits per heavy atom. The van der Waals surface area contributed by atoms with Gasteiger partial charge in [0.25, 0.3) is 0 Å². The fourth-order valence-electron chi connectivity index (χ4n) is 1.80. The smallest absolute Gasteiger partial charge is 0.407 e. The van der Waals surface area contributed by atoms with Gasteiger partial charge in [0.05, 0.1) is 0 Å². The summed E-state index contributed by atoms with van der Waals surface area (Å²) in [5.41, 5.74) is -0.541. The van der Waals surface area contributed by atoms with Gasteiger partial charge in [0.1, 0.15) is 5.60 Å². The summed E-state index contributed by atoms with van der Waals surface area (Å²) in [6.07, 6.45) is 4.75. The molecule has 0 saturated heterocycles. The Labute approximate surface area is 144 Å². The van der Waals surface area contributed by atoms with Gasteiger partial charge in [-0.25, -0.2) is 4.79 Å². The van der Waals surface area contributed by atoms with Crippen LogP contribution in [0.5, 0.6) is 0 Å². The van der Waals surface area contributed by atoms with Crippen LogP contribution in [0.15, 0.2) is 12.7 Å². The molecule has 3 N–H and O–H groups in total. The molecule has 0 bridgehead atoms.